The maximum Gasteiger partial charge on any atom is 0.140 e. The van der Waals surface area contributed by atoms with Crippen molar-refractivity contribution in [2.75, 3.05) is 13.7 Å². The fraction of sp³-hybridized carbons (Fsp3) is 0.600. The van der Waals surface area contributed by atoms with E-state index in [4.69, 9.17) is 16.3 Å². The van der Waals surface area contributed by atoms with Crippen molar-refractivity contribution >= 4 is 11.6 Å². The first-order chi connectivity index (χ1) is 8.57. The van der Waals surface area contributed by atoms with Gasteiger partial charge in [-0.25, -0.2) is 0 Å². The number of hydrogen-bond donors (Lipinski definition) is 1. The topological polar surface area (TPSA) is 21.3 Å². The molecule has 100 valence electrons. The van der Waals surface area contributed by atoms with E-state index in [1.165, 1.54) is 30.4 Å². The molecule has 1 heterocycles. The van der Waals surface area contributed by atoms with Crippen molar-refractivity contribution in [3.63, 3.8) is 0 Å². The summed E-state index contributed by atoms with van der Waals surface area (Å²) in [6.07, 6.45) is 3.76. The molecule has 0 saturated carbocycles. The van der Waals surface area contributed by atoms with Crippen LogP contribution >= 0.6 is 11.6 Å². The summed E-state index contributed by atoms with van der Waals surface area (Å²) in [7, 11) is 1.69. The maximum absolute atomic E-state index is 6.44. The van der Waals surface area contributed by atoms with E-state index in [1.54, 1.807) is 7.11 Å². The molecule has 2 rings (SSSR count). The van der Waals surface area contributed by atoms with Gasteiger partial charge in [-0.3, -0.25) is 0 Å². The van der Waals surface area contributed by atoms with Crippen LogP contribution in [0.25, 0.3) is 0 Å². The van der Waals surface area contributed by atoms with Crippen molar-refractivity contribution in [1.29, 1.82) is 0 Å². The molecule has 1 aromatic carbocycles. The molecule has 0 amide bonds. The summed E-state index contributed by atoms with van der Waals surface area (Å²) in [5.74, 6) is 0.825. The van der Waals surface area contributed by atoms with Crippen LogP contribution in [-0.2, 0) is 0 Å². The van der Waals surface area contributed by atoms with E-state index in [1.807, 2.05) is 0 Å². The highest BCUT2D eigenvalue weighted by Crippen LogP contribution is 2.40. The average molecular weight is 268 g/mol. The van der Waals surface area contributed by atoms with Gasteiger partial charge < -0.3 is 10.1 Å². The molecule has 1 saturated heterocycles. The largest absolute Gasteiger partial charge is 0.495 e. The minimum absolute atomic E-state index is 0.445. The molecular formula is C15H22ClNO. The van der Waals surface area contributed by atoms with Gasteiger partial charge in [0.15, 0.2) is 0 Å². The van der Waals surface area contributed by atoms with Gasteiger partial charge in [0.2, 0.25) is 0 Å². The van der Waals surface area contributed by atoms with Crippen molar-refractivity contribution in [3.8, 4) is 5.75 Å². The van der Waals surface area contributed by atoms with Gasteiger partial charge in [-0.2, -0.15) is 0 Å². The molecule has 0 bridgehead atoms. The molecule has 2 nitrogen and oxygen atoms in total. The quantitative estimate of drug-likeness (QED) is 0.872. The zero-order valence-corrected chi connectivity index (χ0v) is 12.4. The number of hydrogen-bond acceptors (Lipinski definition) is 2. The van der Waals surface area contributed by atoms with Crippen molar-refractivity contribution in [2.24, 2.45) is 0 Å². The Kier molecular flexibility index (Phi) is 4.18. The van der Waals surface area contributed by atoms with Crippen LogP contribution in [0.3, 0.4) is 0 Å². The van der Waals surface area contributed by atoms with Crippen molar-refractivity contribution in [3.05, 3.63) is 27.3 Å². The number of methoxy groups -OCH3 is 1. The summed E-state index contributed by atoms with van der Waals surface area (Å²) in [4.78, 5) is 0. The predicted molar refractivity (Wildman–Crippen MR) is 76.8 cm³/mol. The Hall–Kier alpha value is -0.730. The maximum atomic E-state index is 6.44. The van der Waals surface area contributed by atoms with E-state index in [0.29, 0.717) is 6.04 Å². The van der Waals surface area contributed by atoms with Crippen LogP contribution in [0.2, 0.25) is 5.02 Å². The Labute approximate surface area is 115 Å². The average Bonchev–Trinajstić information content (AvgIpc) is 2.39. The minimum atomic E-state index is 0.445. The van der Waals surface area contributed by atoms with Gasteiger partial charge >= 0.3 is 0 Å². The molecular weight excluding hydrogens is 246 g/mol. The van der Waals surface area contributed by atoms with Gasteiger partial charge in [0.05, 0.1) is 12.1 Å². The lowest BCUT2D eigenvalue weighted by molar-refractivity contribution is 0.401. The Balaban J connectivity index is 2.53. The molecule has 1 fully saturated rings. The van der Waals surface area contributed by atoms with Crippen molar-refractivity contribution in [1.82, 2.24) is 5.32 Å². The lowest BCUT2D eigenvalue weighted by Gasteiger charge is -2.29. The SMILES string of the molecule is COc1c(C)c(C)c(C2CCCCN2)c(C)c1Cl. The van der Waals surface area contributed by atoms with Crippen LogP contribution in [0.5, 0.6) is 5.75 Å². The van der Waals surface area contributed by atoms with Crippen LogP contribution in [0.15, 0.2) is 0 Å². The predicted octanol–water partition coefficient (Wildman–Crippen LogP) is 4.09. The summed E-state index contributed by atoms with van der Waals surface area (Å²) in [6.45, 7) is 7.47. The normalized spacial score (nSPS) is 19.9. The highest BCUT2D eigenvalue weighted by molar-refractivity contribution is 6.33. The van der Waals surface area contributed by atoms with Crippen LogP contribution < -0.4 is 10.1 Å². The molecule has 18 heavy (non-hydrogen) atoms. The molecule has 0 aliphatic carbocycles. The van der Waals surface area contributed by atoms with E-state index in [2.05, 4.69) is 26.1 Å². The van der Waals surface area contributed by atoms with Gasteiger partial charge in [0.25, 0.3) is 0 Å². The van der Waals surface area contributed by atoms with E-state index in [0.717, 1.165) is 28.4 Å². The Morgan fingerprint density at radius 2 is 1.83 bits per heavy atom. The highest BCUT2D eigenvalue weighted by Gasteiger charge is 2.23. The van der Waals surface area contributed by atoms with E-state index >= 15 is 0 Å². The number of nitrogens with one attached hydrogen (secondary N) is 1. The molecule has 1 aromatic rings. The van der Waals surface area contributed by atoms with Crippen molar-refractivity contribution < 1.29 is 4.74 Å². The fourth-order valence-corrected chi connectivity index (χ4v) is 3.29. The number of piperidine rings is 1. The van der Waals surface area contributed by atoms with Crippen LogP contribution in [0.1, 0.15) is 47.6 Å². The first kappa shape index (κ1) is 13.7. The summed E-state index contributed by atoms with van der Waals surface area (Å²) < 4.78 is 5.43. The summed E-state index contributed by atoms with van der Waals surface area (Å²) in [6, 6.07) is 0.445. The Bertz CT molecular complexity index is 421. The third kappa shape index (κ3) is 2.24. The van der Waals surface area contributed by atoms with Crippen LogP contribution in [0, 0.1) is 20.8 Å². The molecule has 0 spiro atoms. The highest BCUT2D eigenvalue weighted by atomic mass is 35.5. The number of benzene rings is 1. The Morgan fingerprint density at radius 3 is 2.39 bits per heavy atom. The Morgan fingerprint density at radius 1 is 1.11 bits per heavy atom. The molecule has 1 atom stereocenters. The monoisotopic (exact) mass is 267 g/mol. The van der Waals surface area contributed by atoms with Gasteiger partial charge in [-0.1, -0.05) is 18.0 Å². The standard InChI is InChI=1S/C15H22ClNO/c1-9-10(2)15(18-4)14(16)11(3)13(9)12-7-5-6-8-17-12/h12,17H,5-8H2,1-4H3. The molecule has 1 N–H and O–H groups in total. The lowest BCUT2D eigenvalue weighted by atomic mass is 9.88. The van der Waals surface area contributed by atoms with Crippen LogP contribution in [0.4, 0.5) is 0 Å². The number of halogens is 1. The second-order valence-electron chi connectivity index (χ2n) is 5.14. The first-order valence-electron chi connectivity index (χ1n) is 6.64. The number of rotatable bonds is 2. The van der Waals surface area contributed by atoms with Gasteiger partial charge in [0.1, 0.15) is 5.75 Å². The molecule has 3 heteroatoms. The smallest absolute Gasteiger partial charge is 0.140 e. The fourth-order valence-electron chi connectivity index (χ4n) is 2.97. The summed E-state index contributed by atoms with van der Waals surface area (Å²) in [5.41, 5.74) is 5.01. The van der Waals surface area contributed by atoms with E-state index < -0.39 is 0 Å². The zero-order chi connectivity index (χ0) is 13.3. The third-order valence-electron chi connectivity index (χ3n) is 4.10. The zero-order valence-electron chi connectivity index (χ0n) is 11.7. The summed E-state index contributed by atoms with van der Waals surface area (Å²) in [5, 5.41) is 4.38. The second-order valence-corrected chi connectivity index (χ2v) is 5.52. The minimum Gasteiger partial charge on any atom is -0.495 e. The van der Waals surface area contributed by atoms with E-state index in [-0.39, 0.29) is 0 Å². The molecule has 0 radical (unpaired) electrons. The number of ether oxygens (including phenoxy) is 1. The van der Waals surface area contributed by atoms with Crippen LogP contribution in [-0.4, -0.2) is 13.7 Å². The first-order valence-corrected chi connectivity index (χ1v) is 7.02. The van der Waals surface area contributed by atoms with Crippen molar-refractivity contribution in [2.45, 2.75) is 46.1 Å². The molecule has 1 aliphatic rings. The second kappa shape index (κ2) is 5.50. The lowest BCUT2D eigenvalue weighted by Crippen LogP contribution is -2.28. The molecule has 1 aliphatic heterocycles. The third-order valence-corrected chi connectivity index (χ3v) is 4.56. The van der Waals surface area contributed by atoms with Gasteiger partial charge in [0, 0.05) is 6.04 Å². The molecule has 1 unspecified atom stereocenters. The van der Waals surface area contributed by atoms with Gasteiger partial charge in [-0.05, 0) is 62.4 Å². The van der Waals surface area contributed by atoms with Gasteiger partial charge in [-0.15, -0.1) is 0 Å². The molecule has 0 aromatic heterocycles. The summed E-state index contributed by atoms with van der Waals surface area (Å²) >= 11 is 6.44. The van der Waals surface area contributed by atoms with E-state index in [9.17, 15) is 0 Å².